The van der Waals surface area contributed by atoms with Crippen LogP contribution in [0.2, 0.25) is 0 Å². The Morgan fingerprint density at radius 3 is 2.32 bits per heavy atom. The SMILES string of the molecule is Cc1cccc(C)c1S[C@@H]1O[C@@H](C)[C@H](O)[C@H]2OC(C)(C)O[C@H]21. The molecule has 5 atom stereocenters. The van der Waals surface area contributed by atoms with Crippen molar-refractivity contribution in [2.45, 2.75) is 75.2 Å². The fourth-order valence-electron chi connectivity index (χ4n) is 3.12. The van der Waals surface area contributed by atoms with Crippen molar-refractivity contribution < 1.29 is 19.3 Å². The highest BCUT2D eigenvalue weighted by Gasteiger charge is 2.54. The minimum absolute atomic E-state index is 0.190. The van der Waals surface area contributed by atoms with Gasteiger partial charge in [0.05, 0.1) is 6.10 Å². The van der Waals surface area contributed by atoms with Crippen LogP contribution in [0.25, 0.3) is 0 Å². The summed E-state index contributed by atoms with van der Waals surface area (Å²) in [6.07, 6.45) is -1.56. The van der Waals surface area contributed by atoms with Gasteiger partial charge in [0, 0.05) is 4.90 Å². The number of thioether (sulfide) groups is 1. The molecule has 0 spiro atoms. The lowest BCUT2D eigenvalue weighted by Gasteiger charge is -2.38. The Morgan fingerprint density at radius 2 is 1.68 bits per heavy atom. The third-order valence-corrected chi connectivity index (χ3v) is 5.73. The van der Waals surface area contributed by atoms with Gasteiger partial charge >= 0.3 is 0 Å². The first kappa shape index (κ1) is 16.3. The van der Waals surface area contributed by atoms with Gasteiger partial charge in [0.2, 0.25) is 0 Å². The van der Waals surface area contributed by atoms with E-state index in [1.807, 2.05) is 20.8 Å². The Labute approximate surface area is 136 Å². The minimum atomic E-state index is -0.691. The predicted molar refractivity (Wildman–Crippen MR) is 85.9 cm³/mol. The first-order valence-electron chi connectivity index (χ1n) is 7.70. The molecule has 2 fully saturated rings. The highest BCUT2D eigenvalue weighted by Crippen LogP contribution is 2.43. The van der Waals surface area contributed by atoms with Gasteiger partial charge in [0.1, 0.15) is 23.7 Å². The summed E-state index contributed by atoms with van der Waals surface area (Å²) >= 11 is 1.66. The van der Waals surface area contributed by atoms with E-state index in [4.69, 9.17) is 14.2 Å². The van der Waals surface area contributed by atoms with Crippen LogP contribution in [0.4, 0.5) is 0 Å². The topological polar surface area (TPSA) is 47.9 Å². The van der Waals surface area contributed by atoms with Crippen molar-refractivity contribution in [1.29, 1.82) is 0 Å². The molecule has 2 heterocycles. The Bertz CT molecular complexity index is 539. The van der Waals surface area contributed by atoms with Gasteiger partial charge in [-0.3, -0.25) is 0 Å². The van der Waals surface area contributed by atoms with Crippen LogP contribution in [0.15, 0.2) is 23.1 Å². The monoisotopic (exact) mass is 324 g/mol. The molecule has 0 aliphatic carbocycles. The van der Waals surface area contributed by atoms with E-state index in [1.54, 1.807) is 11.8 Å². The maximum Gasteiger partial charge on any atom is 0.164 e. The molecular weight excluding hydrogens is 300 g/mol. The number of aliphatic hydroxyl groups excluding tert-OH is 1. The second-order valence-electron chi connectivity index (χ2n) is 6.60. The van der Waals surface area contributed by atoms with Crippen molar-refractivity contribution in [2.75, 3.05) is 0 Å². The standard InChI is InChI=1S/C17H24O4S/c1-9-7-6-8-10(2)15(9)22-16-14-13(12(18)11(3)19-16)20-17(4,5)21-14/h6-8,11-14,16,18H,1-5H3/t11-,12-,13+,14+,16-/m0/s1. The van der Waals surface area contributed by atoms with Crippen molar-refractivity contribution in [1.82, 2.24) is 0 Å². The first-order chi connectivity index (χ1) is 10.3. The number of rotatable bonds is 2. The Morgan fingerprint density at radius 1 is 1.09 bits per heavy atom. The summed E-state index contributed by atoms with van der Waals surface area (Å²) in [5, 5.41) is 10.3. The van der Waals surface area contributed by atoms with E-state index >= 15 is 0 Å². The number of benzene rings is 1. The smallest absolute Gasteiger partial charge is 0.164 e. The van der Waals surface area contributed by atoms with Gasteiger partial charge in [0.15, 0.2) is 5.79 Å². The van der Waals surface area contributed by atoms with Crippen molar-refractivity contribution in [2.24, 2.45) is 0 Å². The third kappa shape index (κ3) is 2.93. The fourth-order valence-corrected chi connectivity index (χ4v) is 4.44. The molecule has 0 bridgehead atoms. The lowest BCUT2D eigenvalue weighted by atomic mass is 10.0. The van der Waals surface area contributed by atoms with E-state index in [-0.39, 0.29) is 23.7 Å². The Balaban J connectivity index is 1.87. The van der Waals surface area contributed by atoms with Crippen molar-refractivity contribution in [3.63, 3.8) is 0 Å². The van der Waals surface area contributed by atoms with Crippen LogP contribution in [0, 0.1) is 13.8 Å². The lowest BCUT2D eigenvalue weighted by molar-refractivity contribution is -0.159. The predicted octanol–water partition coefficient (Wildman–Crippen LogP) is 3.02. The van der Waals surface area contributed by atoms with E-state index in [2.05, 4.69) is 32.0 Å². The second-order valence-corrected chi connectivity index (χ2v) is 7.71. The molecule has 3 rings (SSSR count). The summed E-state index contributed by atoms with van der Waals surface area (Å²) in [6.45, 7) is 9.84. The van der Waals surface area contributed by atoms with Crippen molar-refractivity contribution >= 4 is 11.8 Å². The van der Waals surface area contributed by atoms with Crippen LogP contribution < -0.4 is 0 Å². The van der Waals surface area contributed by atoms with Crippen LogP contribution in [-0.2, 0) is 14.2 Å². The zero-order valence-corrected chi connectivity index (χ0v) is 14.5. The molecule has 1 aromatic carbocycles. The summed E-state index contributed by atoms with van der Waals surface area (Å²) in [5.41, 5.74) is 2.26. The molecule has 1 aromatic rings. The van der Waals surface area contributed by atoms with E-state index in [9.17, 15) is 5.11 Å². The van der Waals surface area contributed by atoms with Gasteiger partial charge < -0.3 is 19.3 Å². The Hall–Kier alpha value is -0.590. The summed E-state index contributed by atoms with van der Waals surface area (Å²) in [6, 6.07) is 6.26. The number of ether oxygens (including phenoxy) is 3. The van der Waals surface area contributed by atoms with Crippen LogP contribution in [0.3, 0.4) is 0 Å². The van der Waals surface area contributed by atoms with Gasteiger partial charge in [-0.2, -0.15) is 0 Å². The molecule has 122 valence electrons. The molecule has 0 unspecified atom stereocenters. The summed E-state index contributed by atoms with van der Waals surface area (Å²) in [5.74, 6) is -0.691. The van der Waals surface area contributed by atoms with E-state index in [0.29, 0.717) is 0 Å². The molecule has 2 aliphatic rings. The third-order valence-electron chi connectivity index (χ3n) is 4.24. The largest absolute Gasteiger partial charge is 0.388 e. The molecule has 0 saturated carbocycles. The zero-order valence-electron chi connectivity index (χ0n) is 13.7. The second kappa shape index (κ2) is 5.80. The van der Waals surface area contributed by atoms with E-state index in [0.717, 1.165) is 0 Å². The molecular formula is C17H24O4S. The Kier molecular flexibility index (Phi) is 4.29. The van der Waals surface area contributed by atoms with E-state index in [1.165, 1.54) is 16.0 Å². The summed E-state index contributed by atoms with van der Waals surface area (Å²) < 4.78 is 17.9. The summed E-state index contributed by atoms with van der Waals surface area (Å²) in [4.78, 5) is 1.21. The van der Waals surface area contributed by atoms with Gasteiger partial charge in [-0.05, 0) is 45.7 Å². The highest BCUT2D eigenvalue weighted by molar-refractivity contribution is 8.00. The molecule has 0 radical (unpaired) electrons. The van der Waals surface area contributed by atoms with Gasteiger partial charge in [-0.1, -0.05) is 30.0 Å². The van der Waals surface area contributed by atoms with Gasteiger partial charge in [-0.15, -0.1) is 0 Å². The van der Waals surface area contributed by atoms with Gasteiger partial charge in [0.25, 0.3) is 0 Å². The molecule has 0 amide bonds. The lowest BCUT2D eigenvalue weighted by Crippen LogP contribution is -2.54. The van der Waals surface area contributed by atoms with Crippen LogP contribution in [0.5, 0.6) is 0 Å². The maximum atomic E-state index is 10.3. The number of aryl methyl sites for hydroxylation is 2. The van der Waals surface area contributed by atoms with Crippen molar-refractivity contribution in [3.8, 4) is 0 Å². The summed E-state index contributed by atoms with van der Waals surface area (Å²) in [7, 11) is 0. The quantitative estimate of drug-likeness (QED) is 0.906. The number of hydrogen-bond donors (Lipinski definition) is 1. The van der Waals surface area contributed by atoms with Gasteiger partial charge in [-0.25, -0.2) is 0 Å². The van der Waals surface area contributed by atoms with Crippen LogP contribution in [0.1, 0.15) is 31.9 Å². The number of aliphatic hydroxyl groups is 1. The molecule has 22 heavy (non-hydrogen) atoms. The maximum absolute atomic E-state index is 10.3. The minimum Gasteiger partial charge on any atom is -0.388 e. The highest BCUT2D eigenvalue weighted by atomic mass is 32.2. The fraction of sp³-hybridized carbons (Fsp3) is 0.647. The molecule has 2 saturated heterocycles. The van der Waals surface area contributed by atoms with Crippen molar-refractivity contribution in [3.05, 3.63) is 29.3 Å². The number of fused-ring (bicyclic) bond motifs is 1. The molecule has 4 nitrogen and oxygen atoms in total. The van der Waals surface area contributed by atoms with E-state index < -0.39 is 11.9 Å². The van der Waals surface area contributed by atoms with Crippen LogP contribution >= 0.6 is 11.8 Å². The molecule has 5 heteroatoms. The molecule has 2 aliphatic heterocycles. The first-order valence-corrected chi connectivity index (χ1v) is 8.58. The molecule has 0 aromatic heterocycles. The normalized spacial score (nSPS) is 37.1. The average Bonchev–Trinajstić information content (AvgIpc) is 2.76. The zero-order chi connectivity index (χ0) is 16.1. The number of hydrogen-bond acceptors (Lipinski definition) is 5. The molecule has 1 N–H and O–H groups in total. The van der Waals surface area contributed by atoms with Crippen LogP contribution in [-0.4, -0.2) is 40.7 Å². The average molecular weight is 324 g/mol.